The summed E-state index contributed by atoms with van der Waals surface area (Å²) in [6.45, 7) is 3.78. The lowest BCUT2D eigenvalue weighted by molar-refractivity contribution is 0.414. The number of rotatable bonds is 6. The summed E-state index contributed by atoms with van der Waals surface area (Å²) in [5.74, 6) is 1.21. The van der Waals surface area contributed by atoms with Crippen LogP contribution in [0.2, 0.25) is 5.02 Å². The number of hydrogen-bond acceptors (Lipinski definition) is 4. The number of methoxy groups -OCH3 is 1. The molecular formula is C14H17ClN2O2. The van der Waals surface area contributed by atoms with Crippen LogP contribution in [-0.2, 0) is 6.54 Å². The zero-order chi connectivity index (χ0) is 13.7. The summed E-state index contributed by atoms with van der Waals surface area (Å²) >= 11 is 6.00. The van der Waals surface area contributed by atoms with Gasteiger partial charge in [-0.25, -0.2) is 4.98 Å². The molecule has 0 radical (unpaired) electrons. The molecule has 102 valence electrons. The Labute approximate surface area is 117 Å². The minimum absolute atomic E-state index is 0.521. The van der Waals surface area contributed by atoms with Gasteiger partial charge in [-0.2, -0.15) is 0 Å². The van der Waals surface area contributed by atoms with E-state index >= 15 is 0 Å². The van der Waals surface area contributed by atoms with Crippen LogP contribution in [0.1, 0.15) is 19.0 Å². The molecule has 4 nitrogen and oxygen atoms in total. The van der Waals surface area contributed by atoms with Gasteiger partial charge in [0.15, 0.2) is 0 Å². The zero-order valence-corrected chi connectivity index (χ0v) is 11.8. The van der Waals surface area contributed by atoms with Crippen LogP contribution in [0.5, 0.6) is 5.75 Å². The molecule has 0 unspecified atom stereocenters. The number of ether oxygens (including phenoxy) is 1. The number of hydrogen-bond donors (Lipinski definition) is 1. The van der Waals surface area contributed by atoms with Gasteiger partial charge in [-0.3, -0.25) is 0 Å². The summed E-state index contributed by atoms with van der Waals surface area (Å²) in [5, 5.41) is 3.90. The van der Waals surface area contributed by atoms with Crippen LogP contribution in [0.3, 0.4) is 0 Å². The second-order valence-electron chi connectivity index (χ2n) is 4.17. The van der Waals surface area contributed by atoms with Crippen molar-refractivity contribution in [3.8, 4) is 17.2 Å². The lowest BCUT2D eigenvalue weighted by Gasteiger charge is -2.05. The van der Waals surface area contributed by atoms with Gasteiger partial charge in [-0.1, -0.05) is 18.5 Å². The average Bonchev–Trinajstić information content (AvgIpc) is 2.88. The SMILES string of the molecule is CCCNCc1coc(-c2cc(Cl)ccc2OC)n1. The van der Waals surface area contributed by atoms with Gasteiger partial charge in [-0.05, 0) is 31.2 Å². The van der Waals surface area contributed by atoms with E-state index in [0.29, 0.717) is 23.2 Å². The molecule has 1 aromatic heterocycles. The first-order chi connectivity index (χ1) is 9.24. The molecule has 0 aliphatic heterocycles. The predicted molar refractivity (Wildman–Crippen MR) is 75.5 cm³/mol. The number of benzene rings is 1. The lowest BCUT2D eigenvalue weighted by atomic mass is 10.2. The molecule has 0 amide bonds. The van der Waals surface area contributed by atoms with E-state index in [9.17, 15) is 0 Å². The van der Waals surface area contributed by atoms with Crippen molar-refractivity contribution >= 4 is 11.6 Å². The lowest BCUT2D eigenvalue weighted by Crippen LogP contribution is -2.13. The molecule has 2 rings (SSSR count). The maximum atomic E-state index is 6.00. The number of oxazole rings is 1. The van der Waals surface area contributed by atoms with Crippen molar-refractivity contribution in [2.24, 2.45) is 0 Å². The van der Waals surface area contributed by atoms with E-state index in [0.717, 1.165) is 24.2 Å². The van der Waals surface area contributed by atoms with Crippen molar-refractivity contribution in [2.45, 2.75) is 19.9 Å². The Morgan fingerprint density at radius 1 is 1.42 bits per heavy atom. The fourth-order valence-corrected chi connectivity index (χ4v) is 1.92. The Balaban J connectivity index is 2.20. The second-order valence-corrected chi connectivity index (χ2v) is 4.60. The normalized spacial score (nSPS) is 10.7. The molecule has 0 saturated carbocycles. The van der Waals surface area contributed by atoms with Gasteiger partial charge in [0.2, 0.25) is 5.89 Å². The van der Waals surface area contributed by atoms with E-state index in [1.54, 1.807) is 31.6 Å². The largest absolute Gasteiger partial charge is 0.496 e. The van der Waals surface area contributed by atoms with E-state index in [1.165, 1.54) is 0 Å². The zero-order valence-electron chi connectivity index (χ0n) is 11.1. The molecule has 0 atom stereocenters. The second kappa shape index (κ2) is 6.59. The maximum Gasteiger partial charge on any atom is 0.230 e. The average molecular weight is 281 g/mol. The van der Waals surface area contributed by atoms with Crippen LogP contribution in [0.15, 0.2) is 28.9 Å². The Morgan fingerprint density at radius 2 is 2.26 bits per heavy atom. The third kappa shape index (κ3) is 3.49. The Morgan fingerprint density at radius 3 is 3.00 bits per heavy atom. The fraction of sp³-hybridized carbons (Fsp3) is 0.357. The first kappa shape index (κ1) is 13.9. The smallest absolute Gasteiger partial charge is 0.230 e. The molecule has 0 fully saturated rings. The van der Waals surface area contributed by atoms with Crippen LogP contribution in [0.4, 0.5) is 0 Å². The first-order valence-electron chi connectivity index (χ1n) is 6.23. The van der Waals surface area contributed by atoms with E-state index in [1.807, 2.05) is 0 Å². The Bertz CT molecular complexity index is 540. The molecular weight excluding hydrogens is 264 g/mol. The van der Waals surface area contributed by atoms with Gasteiger partial charge < -0.3 is 14.5 Å². The standard InChI is InChI=1S/C14H17ClN2O2/c1-3-6-16-8-11-9-19-14(17-11)12-7-10(15)4-5-13(12)18-2/h4-5,7,9,16H,3,6,8H2,1-2H3. The van der Waals surface area contributed by atoms with Crippen molar-refractivity contribution in [1.82, 2.24) is 10.3 Å². The molecule has 0 saturated heterocycles. The van der Waals surface area contributed by atoms with Crippen LogP contribution < -0.4 is 10.1 Å². The quantitative estimate of drug-likeness (QED) is 0.823. The number of aromatic nitrogens is 1. The van der Waals surface area contributed by atoms with Crippen LogP contribution in [0.25, 0.3) is 11.5 Å². The molecule has 1 heterocycles. The molecule has 1 N–H and O–H groups in total. The summed E-state index contributed by atoms with van der Waals surface area (Å²) in [6, 6.07) is 5.36. The minimum Gasteiger partial charge on any atom is -0.496 e. The highest BCUT2D eigenvalue weighted by atomic mass is 35.5. The molecule has 5 heteroatoms. The van der Waals surface area contributed by atoms with Crippen LogP contribution in [0, 0.1) is 0 Å². The summed E-state index contributed by atoms with van der Waals surface area (Å²) in [7, 11) is 1.61. The van der Waals surface area contributed by atoms with Crippen molar-refractivity contribution in [2.75, 3.05) is 13.7 Å². The predicted octanol–water partition coefficient (Wildman–Crippen LogP) is 3.50. The molecule has 0 bridgehead atoms. The van der Waals surface area contributed by atoms with Gasteiger partial charge in [0.25, 0.3) is 0 Å². The Kier molecular flexibility index (Phi) is 4.82. The summed E-state index contributed by atoms with van der Waals surface area (Å²) in [4.78, 5) is 4.43. The highest BCUT2D eigenvalue weighted by Crippen LogP contribution is 2.31. The third-order valence-corrected chi connectivity index (χ3v) is 2.91. The highest BCUT2D eigenvalue weighted by molar-refractivity contribution is 6.30. The third-order valence-electron chi connectivity index (χ3n) is 2.68. The summed E-state index contributed by atoms with van der Waals surface area (Å²) < 4.78 is 10.8. The van der Waals surface area contributed by atoms with Crippen molar-refractivity contribution in [3.05, 3.63) is 35.2 Å². The Hall–Kier alpha value is -1.52. The minimum atomic E-state index is 0.521. The van der Waals surface area contributed by atoms with E-state index < -0.39 is 0 Å². The van der Waals surface area contributed by atoms with Gasteiger partial charge in [0.1, 0.15) is 12.0 Å². The van der Waals surface area contributed by atoms with Crippen molar-refractivity contribution in [3.63, 3.8) is 0 Å². The van der Waals surface area contributed by atoms with Crippen molar-refractivity contribution < 1.29 is 9.15 Å². The van der Waals surface area contributed by atoms with Crippen molar-refractivity contribution in [1.29, 1.82) is 0 Å². The van der Waals surface area contributed by atoms with Gasteiger partial charge >= 0.3 is 0 Å². The number of nitrogens with zero attached hydrogens (tertiary/aromatic N) is 1. The van der Waals surface area contributed by atoms with Crippen LogP contribution >= 0.6 is 11.6 Å². The molecule has 0 aliphatic rings. The molecule has 1 aromatic carbocycles. The van der Waals surface area contributed by atoms with E-state index in [2.05, 4.69) is 17.2 Å². The van der Waals surface area contributed by atoms with E-state index in [4.69, 9.17) is 20.8 Å². The highest BCUT2D eigenvalue weighted by Gasteiger charge is 2.12. The van der Waals surface area contributed by atoms with Gasteiger partial charge in [-0.15, -0.1) is 0 Å². The molecule has 0 aliphatic carbocycles. The topological polar surface area (TPSA) is 47.3 Å². The van der Waals surface area contributed by atoms with Gasteiger partial charge in [0.05, 0.1) is 18.4 Å². The maximum absolute atomic E-state index is 6.00. The molecule has 19 heavy (non-hydrogen) atoms. The monoisotopic (exact) mass is 280 g/mol. The summed E-state index contributed by atoms with van der Waals surface area (Å²) in [5.41, 5.74) is 1.63. The molecule has 2 aromatic rings. The summed E-state index contributed by atoms with van der Waals surface area (Å²) in [6.07, 6.45) is 2.74. The van der Waals surface area contributed by atoms with Crippen LogP contribution in [-0.4, -0.2) is 18.6 Å². The first-order valence-corrected chi connectivity index (χ1v) is 6.61. The fourth-order valence-electron chi connectivity index (χ4n) is 1.75. The van der Waals surface area contributed by atoms with Gasteiger partial charge in [0, 0.05) is 11.6 Å². The van der Waals surface area contributed by atoms with E-state index in [-0.39, 0.29) is 0 Å². The number of nitrogens with one attached hydrogen (secondary N) is 1. The number of halogens is 1. The molecule has 0 spiro atoms.